The molecule has 0 aliphatic heterocycles. The van der Waals surface area contributed by atoms with Crippen LogP contribution in [0.15, 0.2) is 41.5 Å². The number of nitro groups is 1. The Hall–Kier alpha value is -3.13. The van der Waals surface area contributed by atoms with Crippen molar-refractivity contribution in [1.82, 2.24) is 5.43 Å². The third-order valence-electron chi connectivity index (χ3n) is 3.48. The van der Waals surface area contributed by atoms with E-state index in [9.17, 15) is 14.9 Å². The zero-order valence-electron chi connectivity index (χ0n) is 14.8. The molecule has 8 nitrogen and oxygen atoms in total. The minimum Gasteiger partial charge on any atom is -0.493 e. The van der Waals surface area contributed by atoms with E-state index in [1.165, 1.54) is 25.5 Å². The smallest absolute Gasteiger partial charge is 0.273 e. The molecule has 0 aromatic heterocycles. The first-order valence-corrected chi connectivity index (χ1v) is 8.38. The van der Waals surface area contributed by atoms with Crippen LogP contribution in [0.25, 0.3) is 0 Å². The standard InChI is InChI=1S/C18H18ClN3O5/c1-3-27-18-14(19)8-12(9-16(18)26-2)11-20-21-17(23)10-13-6-4-5-7-15(13)22(24)25/h4-9,11H,3,10H2,1-2H3,(H,21,23)/b20-11+. The van der Waals surface area contributed by atoms with Crippen LogP contribution in [0.2, 0.25) is 5.02 Å². The molecule has 0 radical (unpaired) electrons. The van der Waals surface area contributed by atoms with Gasteiger partial charge in [-0.05, 0) is 24.6 Å². The number of halogens is 1. The summed E-state index contributed by atoms with van der Waals surface area (Å²) in [5.41, 5.74) is 3.12. The molecule has 0 bridgehead atoms. The zero-order chi connectivity index (χ0) is 19.8. The Morgan fingerprint density at radius 1 is 1.37 bits per heavy atom. The third kappa shape index (κ3) is 5.42. The number of ether oxygens (including phenoxy) is 2. The predicted octanol–water partition coefficient (Wildman–Crippen LogP) is 3.35. The van der Waals surface area contributed by atoms with Gasteiger partial charge in [0.25, 0.3) is 5.69 Å². The predicted molar refractivity (Wildman–Crippen MR) is 102 cm³/mol. The number of nitrogens with zero attached hydrogens (tertiary/aromatic N) is 2. The average Bonchev–Trinajstić information content (AvgIpc) is 2.64. The highest BCUT2D eigenvalue weighted by Crippen LogP contribution is 2.35. The molecular weight excluding hydrogens is 374 g/mol. The van der Waals surface area contributed by atoms with Crippen LogP contribution < -0.4 is 14.9 Å². The first-order valence-electron chi connectivity index (χ1n) is 8.00. The molecule has 0 fully saturated rings. The molecule has 1 N–H and O–H groups in total. The van der Waals surface area contributed by atoms with Crippen molar-refractivity contribution in [3.63, 3.8) is 0 Å². The first-order chi connectivity index (χ1) is 13.0. The summed E-state index contributed by atoms with van der Waals surface area (Å²) in [4.78, 5) is 22.4. The molecule has 27 heavy (non-hydrogen) atoms. The summed E-state index contributed by atoms with van der Waals surface area (Å²) in [5, 5.41) is 15.2. The van der Waals surface area contributed by atoms with Gasteiger partial charge >= 0.3 is 0 Å². The van der Waals surface area contributed by atoms with E-state index in [0.717, 1.165) is 0 Å². The zero-order valence-corrected chi connectivity index (χ0v) is 15.5. The number of methoxy groups -OCH3 is 1. The maximum absolute atomic E-state index is 12.0. The molecule has 0 spiro atoms. The number of rotatable bonds is 8. The van der Waals surface area contributed by atoms with Gasteiger partial charge in [0.15, 0.2) is 11.5 Å². The summed E-state index contributed by atoms with van der Waals surface area (Å²) in [7, 11) is 1.49. The number of hydrazone groups is 1. The van der Waals surface area contributed by atoms with Gasteiger partial charge < -0.3 is 9.47 Å². The van der Waals surface area contributed by atoms with Gasteiger partial charge in [-0.1, -0.05) is 29.8 Å². The number of hydrogen-bond donors (Lipinski definition) is 1. The van der Waals surface area contributed by atoms with Crippen molar-refractivity contribution in [1.29, 1.82) is 0 Å². The van der Waals surface area contributed by atoms with Crippen molar-refractivity contribution in [2.75, 3.05) is 13.7 Å². The van der Waals surface area contributed by atoms with Crippen molar-refractivity contribution >= 4 is 29.4 Å². The van der Waals surface area contributed by atoms with E-state index in [2.05, 4.69) is 10.5 Å². The normalized spacial score (nSPS) is 10.6. The summed E-state index contributed by atoms with van der Waals surface area (Å²) < 4.78 is 10.7. The summed E-state index contributed by atoms with van der Waals surface area (Å²) >= 11 is 6.17. The largest absolute Gasteiger partial charge is 0.493 e. The van der Waals surface area contributed by atoms with Crippen molar-refractivity contribution in [2.45, 2.75) is 13.3 Å². The van der Waals surface area contributed by atoms with Crippen LogP contribution in [0.5, 0.6) is 11.5 Å². The topological polar surface area (TPSA) is 103 Å². The van der Waals surface area contributed by atoms with Crippen molar-refractivity contribution < 1.29 is 19.2 Å². The highest BCUT2D eigenvalue weighted by Gasteiger charge is 2.15. The molecular formula is C18H18ClN3O5. The van der Waals surface area contributed by atoms with Crippen molar-refractivity contribution in [3.8, 4) is 11.5 Å². The molecule has 0 aliphatic carbocycles. The Morgan fingerprint density at radius 2 is 2.11 bits per heavy atom. The maximum atomic E-state index is 12.0. The van der Waals surface area contributed by atoms with Gasteiger partial charge in [-0.25, -0.2) is 5.43 Å². The fourth-order valence-electron chi connectivity index (χ4n) is 2.33. The minimum atomic E-state index is -0.528. The van der Waals surface area contributed by atoms with Crippen LogP contribution in [0.3, 0.4) is 0 Å². The number of carbonyl (C=O) groups is 1. The third-order valence-corrected chi connectivity index (χ3v) is 3.76. The minimum absolute atomic E-state index is 0.111. The van der Waals surface area contributed by atoms with E-state index >= 15 is 0 Å². The lowest BCUT2D eigenvalue weighted by atomic mass is 10.1. The van der Waals surface area contributed by atoms with E-state index < -0.39 is 10.8 Å². The van der Waals surface area contributed by atoms with Gasteiger partial charge in [0, 0.05) is 11.6 Å². The Balaban J connectivity index is 2.06. The van der Waals surface area contributed by atoms with Crippen LogP contribution in [0, 0.1) is 10.1 Å². The lowest BCUT2D eigenvalue weighted by Gasteiger charge is -2.11. The summed E-state index contributed by atoms with van der Waals surface area (Å²) in [5.74, 6) is 0.390. The Labute approximate surface area is 160 Å². The SMILES string of the molecule is CCOc1c(Cl)cc(/C=N/NC(=O)Cc2ccccc2[N+](=O)[O-])cc1OC. The Bertz CT molecular complexity index is 870. The lowest BCUT2D eigenvalue weighted by molar-refractivity contribution is -0.385. The van der Waals surface area contributed by atoms with E-state index in [1.54, 1.807) is 24.3 Å². The quantitative estimate of drug-likeness (QED) is 0.422. The number of amides is 1. The lowest BCUT2D eigenvalue weighted by Crippen LogP contribution is -2.20. The molecule has 9 heteroatoms. The van der Waals surface area contributed by atoms with Gasteiger partial charge in [-0.3, -0.25) is 14.9 Å². The fourth-order valence-corrected chi connectivity index (χ4v) is 2.60. The molecule has 0 saturated heterocycles. The average molecular weight is 392 g/mol. The van der Waals surface area contributed by atoms with Gasteiger partial charge in [0.2, 0.25) is 5.91 Å². The van der Waals surface area contributed by atoms with Gasteiger partial charge in [-0.15, -0.1) is 0 Å². The highest BCUT2D eigenvalue weighted by molar-refractivity contribution is 6.32. The Morgan fingerprint density at radius 3 is 2.78 bits per heavy atom. The Kier molecular flexibility index (Phi) is 7.13. The molecule has 0 aliphatic rings. The number of nitrogens with one attached hydrogen (secondary N) is 1. The second-order valence-corrected chi connectivity index (χ2v) is 5.73. The second kappa shape index (κ2) is 9.54. The molecule has 2 rings (SSSR count). The molecule has 0 heterocycles. The van der Waals surface area contributed by atoms with E-state index in [1.807, 2.05) is 6.92 Å². The first kappa shape index (κ1) is 20.2. The molecule has 0 saturated carbocycles. The van der Waals surface area contributed by atoms with E-state index in [-0.39, 0.29) is 12.1 Å². The molecule has 2 aromatic carbocycles. The fraction of sp³-hybridized carbons (Fsp3) is 0.222. The van der Waals surface area contributed by atoms with Crippen LogP contribution in [-0.2, 0) is 11.2 Å². The number of benzene rings is 2. The molecule has 0 unspecified atom stereocenters. The summed E-state index contributed by atoms with van der Waals surface area (Å²) in [6.07, 6.45) is 1.23. The van der Waals surface area contributed by atoms with Crippen molar-refractivity contribution in [2.24, 2.45) is 5.10 Å². The van der Waals surface area contributed by atoms with Crippen LogP contribution in [0.1, 0.15) is 18.1 Å². The van der Waals surface area contributed by atoms with Crippen molar-refractivity contribution in [3.05, 3.63) is 62.7 Å². The number of carbonyl (C=O) groups excluding carboxylic acids is 1. The second-order valence-electron chi connectivity index (χ2n) is 5.32. The van der Waals surface area contributed by atoms with Gasteiger partial charge in [0.05, 0.1) is 36.3 Å². The molecule has 0 atom stereocenters. The monoisotopic (exact) mass is 391 g/mol. The van der Waals surface area contributed by atoms with Crippen LogP contribution >= 0.6 is 11.6 Å². The van der Waals surface area contributed by atoms with Gasteiger partial charge in [0.1, 0.15) is 0 Å². The molecule has 142 valence electrons. The number of nitro benzene ring substituents is 1. The molecule has 2 aromatic rings. The number of hydrogen-bond acceptors (Lipinski definition) is 6. The summed E-state index contributed by atoms with van der Waals surface area (Å²) in [6.45, 7) is 2.27. The molecule has 1 amide bonds. The number of para-hydroxylation sites is 1. The maximum Gasteiger partial charge on any atom is 0.273 e. The van der Waals surface area contributed by atoms with Crippen LogP contribution in [-0.4, -0.2) is 30.8 Å². The van der Waals surface area contributed by atoms with Crippen LogP contribution in [0.4, 0.5) is 5.69 Å². The van der Waals surface area contributed by atoms with E-state index in [4.69, 9.17) is 21.1 Å². The van der Waals surface area contributed by atoms with Gasteiger partial charge in [-0.2, -0.15) is 5.10 Å². The van der Waals surface area contributed by atoms with E-state index in [0.29, 0.717) is 34.3 Å². The summed E-state index contributed by atoms with van der Waals surface area (Å²) in [6, 6.07) is 9.33. The highest BCUT2D eigenvalue weighted by atomic mass is 35.5.